The molecule has 1 aliphatic heterocycles. The average Bonchev–Trinajstić information content (AvgIpc) is 3.01. The van der Waals surface area contributed by atoms with Crippen molar-refractivity contribution in [2.75, 3.05) is 32.6 Å². The Bertz CT molecular complexity index is 794. The van der Waals surface area contributed by atoms with E-state index in [0.717, 1.165) is 31.7 Å². The molecule has 8 heteroatoms. The maximum absolute atomic E-state index is 12.6. The van der Waals surface area contributed by atoms with Crippen molar-refractivity contribution in [2.24, 2.45) is 0 Å². The lowest BCUT2D eigenvalue weighted by molar-refractivity contribution is 0.102. The fraction of sp³-hybridized carbons (Fsp3) is 0.412. The van der Waals surface area contributed by atoms with Crippen molar-refractivity contribution in [1.82, 2.24) is 9.88 Å². The zero-order valence-electron chi connectivity index (χ0n) is 14.4. The lowest BCUT2D eigenvalue weighted by atomic mass is 10.2. The van der Waals surface area contributed by atoms with E-state index in [2.05, 4.69) is 22.1 Å². The van der Waals surface area contributed by atoms with Gasteiger partial charge in [0.1, 0.15) is 0 Å². The van der Waals surface area contributed by atoms with Crippen LogP contribution in [-0.2, 0) is 13.0 Å². The van der Waals surface area contributed by atoms with Crippen molar-refractivity contribution < 1.29 is 14.3 Å². The van der Waals surface area contributed by atoms with Crippen molar-refractivity contribution in [3.8, 4) is 11.5 Å². The number of hydrogen-bond acceptors (Lipinski definition) is 6. The van der Waals surface area contributed by atoms with Crippen LogP contribution in [-0.4, -0.2) is 43.1 Å². The molecule has 0 saturated carbocycles. The Kier molecular flexibility index (Phi) is 5.46. The van der Waals surface area contributed by atoms with Crippen LogP contribution in [0.25, 0.3) is 0 Å². The van der Waals surface area contributed by atoms with Gasteiger partial charge in [-0.05, 0) is 18.7 Å². The topological polar surface area (TPSA) is 63.7 Å². The van der Waals surface area contributed by atoms with Gasteiger partial charge in [0.15, 0.2) is 16.6 Å². The minimum absolute atomic E-state index is 0.277. The summed E-state index contributed by atoms with van der Waals surface area (Å²) in [6.45, 7) is 5.06. The number of thiazole rings is 1. The number of nitrogens with zero attached hydrogens (tertiary/aromatic N) is 2. The molecule has 0 fully saturated rings. The number of fused-ring (bicyclic) bond motifs is 1. The van der Waals surface area contributed by atoms with Gasteiger partial charge in [0, 0.05) is 30.0 Å². The predicted molar refractivity (Wildman–Crippen MR) is 99.3 cm³/mol. The molecule has 1 N–H and O–H groups in total. The van der Waals surface area contributed by atoms with E-state index in [1.165, 1.54) is 30.4 Å². The normalized spacial score (nSPS) is 14.1. The van der Waals surface area contributed by atoms with E-state index >= 15 is 0 Å². The Balaban J connectivity index is 1.79. The highest BCUT2D eigenvalue weighted by molar-refractivity contribution is 7.15. The molecule has 1 aliphatic rings. The molecule has 0 spiro atoms. The summed E-state index contributed by atoms with van der Waals surface area (Å²) in [7, 11) is 3.01. The number of carbonyl (C=O) groups is 1. The molecule has 2 aromatic rings. The zero-order valence-corrected chi connectivity index (χ0v) is 16.0. The number of carbonyl (C=O) groups excluding carboxylic acids is 1. The summed E-state index contributed by atoms with van der Waals surface area (Å²) in [4.78, 5) is 20.7. The molecular weight excluding hydrogens is 362 g/mol. The van der Waals surface area contributed by atoms with Crippen molar-refractivity contribution in [3.63, 3.8) is 0 Å². The van der Waals surface area contributed by atoms with Crippen molar-refractivity contribution >= 4 is 34.0 Å². The third kappa shape index (κ3) is 3.73. The smallest absolute Gasteiger partial charge is 0.257 e. The minimum Gasteiger partial charge on any atom is -0.493 e. The summed E-state index contributed by atoms with van der Waals surface area (Å²) in [6.07, 6.45) is 0.914. The Morgan fingerprint density at radius 2 is 2.20 bits per heavy atom. The van der Waals surface area contributed by atoms with E-state index in [-0.39, 0.29) is 5.91 Å². The number of hydrogen-bond donors (Lipinski definition) is 1. The van der Waals surface area contributed by atoms with E-state index in [9.17, 15) is 4.79 Å². The number of methoxy groups -OCH3 is 2. The van der Waals surface area contributed by atoms with E-state index in [1.54, 1.807) is 12.1 Å². The van der Waals surface area contributed by atoms with Gasteiger partial charge in [0.25, 0.3) is 5.91 Å². The molecule has 1 amide bonds. The van der Waals surface area contributed by atoms with Crippen LogP contribution in [0.2, 0.25) is 5.02 Å². The molecule has 3 rings (SSSR count). The molecule has 0 unspecified atom stereocenters. The molecule has 0 radical (unpaired) electrons. The number of halogens is 1. The second kappa shape index (κ2) is 7.59. The fourth-order valence-electron chi connectivity index (χ4n) is 2.79. The number of nitrogens with one attached hydrogen (secondary N) is 1. The standard InChI is InChI=1S/C17H20ClN3O3S/c1-4-21-6-5-12-14(9-21)25-17(19-12)20-16(22)10-7-11(18)15(24-3)13(8-10)23-2/h7-8H,4-6,9H2,1-3H3,(H,19,20,22). The van der Waals surface area contributed by atoms with Crippen LogP contribution in [0, 0.1) is 0 Å². The number of ether oxygens (including phenoxy) is 2. The summed E-state index contributed by atoms with van der Waals surface area (Å²) < 4.78 is 10.4. The number of benzene rings is 1. The lowest BCUT2D eigenvalue weighted by Crippen LogP contribution is -2.29. The SMILES string of the molecule is CCN1CCc2nc(NC(=O)c3cc(Cl)c(OC)c(OC)c3)sc2C1. The molecule has 0 bridgehead atoms. The van der Waals surface area contributed by atoms with E-state index in [0.29, 0.717) is 27.2 Å². The quantitative estimate of drug-likeness (QED) is 0.859. The molecule has 1 aromatic heterocycles. The van der Waals surface area contributed by atoms with Gasteiger partial charge >= 0.3 is 0 Å². The number of anilines is 1. The Morgan fingerprint density at radius 3 is 2.88 bits per heavy atom. The van der Waals surface area contributed by atoms with Crippen molar-refractivity contribution in [2.45, 2.75) is 19.9 Å². The summed E-state index contributed by atoms with van der Waals surface area (Å²) in [6, 6.07) is 3.16. The number of rotatable bonds is 5. The number of likely N-dealkylation sites (N-methyl/N-ethyl adjacent to an activating group) is 1. The van der Waals surface area contributed by atoms with Crippen LogP contribution in [0.4, 0.5) is 5.13 Å². The van der Waals surface area contributed by atoms with E-state index in [4.69, 9.17) is 21.1 Å². The second-order valence-electron chi connectivity index (χ2n) is 5.66. The monoisotopic (exact) mass is 381 g/mol. The third-order valence-corrected chi connectivity index (χ3v) is 5.45. The first-order valence-corrected chi connectivity index (χ1v) is 9.19. The number of amides is 1. The minimum atomic E-state index is -0.277. The summed E-state index contributed by atoms with van der Waals surface area (Å²) in [5, 5.41) is 3.79. The lowest BCUT2D eigenvalue weighted by Gasteiger charge is -2.23. The van der Waals surface area contributed by atoms with Gasteiger partial charge in [-0.3, -0.25) is 15.0 Å². The summed E-state index contributed by atoms with van der Waals surface area (Å²) in [5.41, 5.74) is 1.47. The maximum atomic E-state index is 12.6. The van der Waals surface area contributed by atoms with Gasteiger partial charge in [-0.2, -0.15) is 0 Å². The van der Waals surface area contributed by atoms with Crippen LogP contribution in [0.5, 0.6) is 11.5 Å². The molecule has 0 saturated heterocycles. The molecule has 1 aromatic carbocycles. The molecule has 0 aliphatic carbocycles. The predicted octanol–water partition coefficient (Wildman–Crippen LogP) is 3.44. The van der Waals surface area contributed by atoms with Gasteiger partial charge in [-0.25, -0.2) is 4.98 Å². The fourth-order valence-corrected chi connectivity index (χ4v) is 4.12. The molecule has 0 atom stereocenters. The van der Waals surface area contributed by atoms with E-state index in [1.807, 2.05) is 0 Å². The summed E-state index contributed by atoms with van der Waals surface area (Å²) >= 11 is 7.70. The van der Waals surface area contributed by atoms with Crippen LogP contribution in [0.15, 0.2) is 12.1 Å². The highest BCUT2D eigenvalue weighted by Crippen LogP contribution is 2.36. The molecule has 134 valence electrons. The van der Waals surface area contributed by atoms with E-state index < -0.39 is 0 Å². The van der Waals surface area contributed by atoms with Gasteiger partial charge < -0.3 is 9.47 Å². The van der Waals surface area contributed by atoms with Gasteiger partial charge in [-0.15, -0.1) is 11.3 Å². The largest absolute Gasteiger partial charge is 0.493 e. The number of aromatic nitrogens is 1. The molecule has 25 heavy (non-hydrogen) atoms. The van der Waals surface area contributed by atoms with Gasteiger partial charge in [0.2, 0.25) is 0 Å². The average molecular weight is 382 g/mol. The van der Waals surface area contributed by atoms with Crippen molar-refractivity contribution in [1.29, 1.82) is 0 Å². The first-order chi connectivity index (χ1) is 12.0. The van der Waals surface area contributed by atoms with Crippen LogP contribution >= 0.6 is 22.9 Å². The first kappa shape index (κ1) is 18.0. The molecule has 6 nitrogen and oxygen atoms in total. The highest BCUT2D eigenvalue weighted by Gasteiger charge is 2.21. The Morgan fingerprint density at radius 1 is 1.40 bits per heavy atom. The van der Waals surface area contributed by atoms with Crippen molar-refractivity contribution in [3.05, 3.63) is 33.3 Å². The maximum Gasteiger partial charge on any atom is 0.257 e. The Hall–Kier alpha value is -1.83. The highest BCUT2D eigenvalue weighted by atomic mass is 35.5. The first-order valence-electron chi connectivity index (χ1n) is 7.99. The second-order valence-corrected chi connectivity index (χ2v) is 7.15. The van der Waals surface area contributed by atoms with Crippen LogP contribution in [0.1, 0.15) is 27.9 Å². The molecular formula is C17H20ClN3O3S. The van der Waals surface area contributed by atoms with Crippen LogP contribution < -0.4 is 14.8 Å². The summed E-state index contributed by atoms with van der Waals surface area (Å²) in [5.74, 6) is 0.545. The van der Waals surface area contributed by atoms with Gasteiger partial charge in [0.05, 0.1) is 24.9 Å². The zero-order chi connectivity index (χ0) is 18.0. The van der Waals surface area contributed by atoms with Crippen LogP contribution in [0.3, 0.4) is 0 Å². The van der Waals surface area contributed by atoms with Gasteiger partial charge in [-0.1, -0.05) is 18.5 Å². The Labute approximate surface area is 155 Å². The third-order valence-electron chi connectivity index (χ3n) is 4.17. The molecule has 2 heterocycles.